The van der Waals surface area contributed by atoms with Gasteiger partial charge in [0.1, 0.15) is 13.2 Å². The number of hydrogen-bond acceptors (Lipinski definition) is 3. The second-order valence-corrected chi connectivity index (χ2v) is 11.3. The zero-order valence-electron chi connectivity index (χ0n) is 19.7. The van der Waals surface area contributed by atoms with E-state index in [-0.39, 0.29) is 0 Å². The summed E-state index contributed by atoms with van der Waals surface area (Å²) in [5, 5.41) is 0. The highest BCUT2D eigenvalue weighted by Crippen LogP contribution is 2.44. The molecule has 0 radical (unpaired) electrons. The minimum Gasteiger partial charge on any atom is -0.321 e. The molecule has 2 aliphatic rings. The lowest BCUT2D eigenvalue weighted by Crippen LogP contribution is -2.45. The van der Waals surface area contributed by atoms with Crippen LogP contribution in [0.1, 0.15) is 110 Å². The van der Waals surface area contributed by atoms with Crippen LogP contribution in [0.4, 0.5) is 0 Å². The van der Waals surface area contributed by atoms with Crippen molar-refractivity contribution in [1.29, 1.82) is 0 Å². The highest BCUT2D eigenvalue weighted by Gasteiger charge is 2.44. The molecule has 2 saturated heterocycles. The van der Waals surface area contributed by atoms with Gasteiger partial charge in [-0.15, -0.1) is 0 Å². The van der Waals surface area contributed by atoms with Crippen molar-refractivity contribution in [2.24, 2.45) is 5.92 Å². The molecule has 2 aliphatic heterocycles. The maximum atomic E-state index is 12.0. The van der Waals surface area contributed by atoms with Crippen LogP contribution in [0.3, 0.4) is 0 Å². The zero-order valence-corrected chi connectivity index (χ0v) is 20.6. The maximum Gasteiger partial charge on any atom is 0.472 e. The lowest BCUT2D eigenvalue weighted by Gasteiger charge is -2.31. The molecule has 178 valence electrons. The quantitative estimate of drug-likeness (QED) is 0.126. The fourth-order valence-electron chi connectivity index (χ4n) is 5.26. The van der Waals surface area contributed by atoms with Gasteiger partial charge in [0.15, 0.2) is 0 Å². The Labute approximate surface area is 186 Å². The molecule has 0 aliphatic carbocycles. The molecule has 1 unspecified atom stereocenters. The molecule has 0 aromatic rings. The number of fused-ring (bicyclic) bond motifs is 2. The SMILES string of the molecule is CCCCCCCCCCCCCCCCOP(=O)(O)OCC[N+]12CCC(CC1)C2. The van der Waals surface area contributed by atoms with E-state index >= 15 is 0 Å². The monoisotopic (exact) mass is 446 g/mol. The number of quaternary nitrogens is 1. The van der Waals surface area contributed by atoms with Crippen LogP contribution < -0.4 is 0 Å². The first kappa shape index (κ1) is 26.3. The van der Waals surface area contributed by atoms with E-state index in [0.29, 0.717) is 13.2 Å². The highest BCUT2D eigenvalue weighted by atomic mass is 31.2. The third-order valence-electron chi connectivity index (χ3n) is 7.24. The second kappa shape index (κ2) is 15.0. The third kappa shape index (κ3) is 11.1. The van der Waals surface area contributed by atoms with Gasteiger partial charge in [0.2, 0.25) is 0 Å². The predicted octanol–water partition coefficient (Wildman–Crippen LogP) is 6.84. The van der Waals surface area contributed by atoms with Crippen LogP contribution in [0.5, 0.6) is 0 Å². The molecule has 0 spiro atoms. The van der Waals surface area contributed by atoms with Crippen molar-refractivity contribution in [3.63, 3.8) is 0 Å². The Bertz CT molecular complexity index is 480. The van der Waals surface area contributed by atoms with Crippen molar-refractivity contribution in [3.05, 3.63) is 0 Å². The summed E-state index contributed by atoms with van der Waals surface area (Å²) >= 11 is 0. The van der Waals surface area contributed by atoms with Crippen molar-refractivity contribution in [1.82, 2.24) is 0 Å². The van der Waals surface area contributed by atoms with Crippen molar-refractivity contribution in [2.75, 3.05) is 39.4 Å². The zero-order chi connectivity index (χ0) is 21.5. The van der Waals surface area contributed by atoms with E-state index in [1.165, 1.54) is 110 Å². The van der Waals surface area contributed by atoms with Gasteiger partial charge >= 0.3 is 7.82 Å². The average Bonchev–Trinajstić information content (AvgIpc) is 3.32. The number of rotatable bonds is 20. The van der Waals surface area contributed by atoms with Gasteiger partial charge in [0, 0.05) is 18.8 Å². The molecule has 2 heterocycles. The molecular weight excluding hydrogens is 397 g/mol. The van der Waals surface area contributed by atoms with E-state index in [2.05, 4.69) is 6.92 Å². The summed E-state index contributed by atoms with van der Waals surface area (Å²) in [6.07, 6.45) is 20.8. The van der Waals surface area contributed by atoms with Crippen molar-refractivity contribution in [3.8, 4) is 0 Å². The number of unbranched alkanes of at least 4 members (excludes halogenated alkanes) is 13. The summed E-state index contributed by atoms with van der Waals surface area (Å²) in [4.78, 5) is 9.86. The van der Waals surface area contributed by atoms with Crippen molar-refractivity contribution < 1.29 is 23.0 Å². The lowest BCUT2D eigenvalue weighted by atomic mass is 10.0. The number of nitrogens with zero attached hydrogens (tertiary/aromatic N) is 1. The molecule has 1 atom stereocenters. The summed E-state index contributed by atoms with van der Waals surface area (Å²) in [5.41, 5.74) is 0. The Balaban J connectivity index is 1.32. The van der Waals surface area contributed by atoms with Gasteiger partial charge < -0.3 is 9.38 Å². The van der Waals surface area contributed by atoms with E-state index in [1.54, 1.807) is 0 Å². The third-order valence-corrected chi connectivity index (χ3v) is 8.26. The smallest absolute Gasteiger partial charge is 0.321 e. The molecule has 2 rings (SSSR count). The molecule has 2 fully saturated rings. The molecule has 2 bridgehead atoms. The summed E-state index contributed by atoms with van der Waals surface area (Å²) in [5.74, 6) is 0.877. The summed E-state index contributed by atoms with van der Waals surface area (Å²) in [6.45, 7) is 7.44. The van der Waals surface area contributed by atoms with Gasteiger partial charge in [0.25, 0.3) is 0 Å². The van der Waals surface area contributed by atoms with E-state index in [0.717, 1.165) is 29.8 Å². The fourth-order valence-corrected chi connectivity index (χ4v) is 6.01. The van der Waals surface area contributed by atoms with Crippen LogP contribution in [-0.2, 0) is 13.6 Å². The number of hydrogen-bond donors (Lipinski definition) is 1. The number of phosphoric ester groups is 1. The molecule has 0 saturated carbocycles. The van der Waals surface area contributed by atoms with Crippen molar-refractivity contribution in [2.45, 2.75) is 110 Å². The fraction of sp³-hybridized carbons (Fsp3) is 1.00. The first-order chi connectivity index (χ1) is 14.6. The van der Waals surface area contributed by atoms with E-state index in [1.807, 2.05) is 0 Å². The minimum atomic E-state index is -3.87. The van der Waals surface area contributed by atoms with Gasteiger partial charge in [-0.25, -0.2) is 4.57 Å². The number of piperidine rings is 1. The van der Waals surface area contributed by atoms with Gasteiger partial charge in [-0.1, -0.05) is 90.4 Å². The van der Waals surface area contributed by atoms with Gasteiger partial charge in [-0.2, -0.15) is 0 Å². The number of phosphoric acid groups is 1. The minimum absolute atomic E-state index is 0.327. The average molecular weight is 447 g/mol. The van der Waals surface area contributed by atoms with Crippen LogP contribution in [0.2, 0.25) is 0 Å². The van der Waals surface area contributed by atoms with Gasteiger partial charge in [-0.3, -0.25) is 9.05 Å². The molecule has 0 aromatic heterocycles. The Hall–Kier alpha value is 0.0700. The van der Waals surface area contributed by atoms with Gasteiger partial charge in [-0.05, 0) is 6.42 Å². The second-order valence-electron chi connectivity index (χ2n) is 9.87. The molecule has 5 nitrogen and oxygen atoms in total. The van der Waals surface area contributed by atoms with E-state index in [4.69, 9.17) is 9.05 Å². The highest BCUT2D eigenvalue weighted by molar-refractivity contribution is 7.47. The molecular formula is C24H49NO4P+. The Morgan fingerprint density at radius 1 is 0.767 bits per heavy atom. The maximum absolute atomic E-state index is 12.0. The summed E-state index contributed by atoms with van der Waals surface area (Å²) in [6, 6.07) is 0. The first-order valence-electron chi connectivity index (χ1n) is 13.0. The first-order valence-corrected chi connectivity index (χ1v) is 14.5. The Morgan fingerprint density at radius 3 is 1.70 bits per heavy atom. The Morgan fingerprint density at radius 2 is 1.23 bits per heavy atom. The largest absolute Gasteiger partial charge is 0.472 e. The predicted molar refractivity (Wildman–Crippen MR) is 124 cm³/mol. The standard InChI is InChI=1S/C24H48NO4P/c1-2-3-4-5-6-7-8-9-10-11-12-13-14-15-21-28-30(26,27)29-22-20-25-18-16-24(23-25)17-19-25/h24H,2-23H2,1H3/p+1. The van der Waals surface area contributed by atoms with E-state index < -0.39 is 7.82 Å². The van der Waals surface area contributed by atoms with E-state index in [9.17, 15) is 9.46 Å². The summed E-state index contributed by atoms with van der Waals surface area (Å²) < 4.78 is 23.5. The van der Waals surface area contributed by atoms with Crippen LogP contribution >= 0.6 is 7.82 Å². The normalized spacial score (nSPS) is 25.1. The molecule has 30 heavy (non-hydrogen) atoms. The van der Waals surface area contributed by atoms with Crippen LogP contribution in [0.25, 0.3) is 0 Å². The topological polar surface area (TPSA) is 55.8 Å². The molecule has 6 heteroatoms. The summed E-state index contributed by atoms with van der Waals surface area (Å²) in [7, 11) is -3.87. The Kier molecular flexibility index (Phi) is 13.2. The van der Waals surface area contributed by atoms with Crippen molar-refractivity contribution >= 4 is 7.82 Å². The van der Waals surface area contributed by atoms with Crippen LogP contribution in [0, 0.1) is 5.92 Å². The molecule has 1 N–H and O–H groups in total. The lowest BCUT2D eigenvalue weighted by molar-refractivity contribution is -0.909. The molecule has 0 amide bonds. The van der Waals surface area contributed by atoms with Crippen LogP contribution in [-0.4, -0.2) is 48.8 Å². The van der Waals surface area contributed by atoms with Crippen LogP contribution in [0.15, 0.2) is 0 Å². The molecule has 0 aromatic carbocycles. The van der Waals surface area contributed by atoms with Gasteiger partial charge in [0.05, 0.1) is 26.2 Å².